The van der Waals surface area contributed by atoms with Gasteiger partial charge in [-0.3, -0.25) is 9.09 Å². The molecule has 0 amide bonds. The predicted molar refractivity (Wildman–Crippen MR) is 96.2 cm³/mol. The van der Waals surface area contributed by atoms with E-state index < -0.39 is 54.6 Å². The lowest BCUT2D eigenvalue weighted by molar-refractivity contribution is -0.0533. The number of aromatic nitrogens is 2. The summed E-state index contributed by atoms with van der Waals surface area (Å²) in [7, 11) is -16.6. The Balaban J connectivity index is 2.06. The van der Waals surface area contributed by atoms with Gasteiger partial charge in [-0.25, -0.2) is 13.7 Å². The fourth-order valence-corrected chi connectivity index (χ4v) is 5.72. The van der Waals surface area contributed by atoms with Crippen LogP contribution in [-0.4, -0.2) is 64.3 Å². The van der Waals surface area contributed by atoms with E-state index in [0.717, 1.165) is 0 Å². The molecule has 20 heteroatoms. The van der Waals surface area contributed by atoms with E-state index in [9.17, 15) is 28.8 Å². The number of rotatable bonds is 8. The monoisotopic (exact) mass is 516 g/mol. The van der Waals surface area contributed by atoms with Gasteiger partial charge in [-0.2, -0.15) is 8.62 Å². The fraction of sp³-hybridized carbons (Fsp3) is 0.556. The SMILES string of the molecule is O=P(O)(O)OP(=O)(O)OP(=O)(O)OC[C@H]1O[C@@H](n2ccc(=S)[nH]c2=S)C(O)[C@H]1O. The molecule has 1 aliphatic heterocycles. The highest BCUT2D eigenvalue weighted by molar-refractivity contribution is 7.72. The molecule has 0 radical (unpaired) electrons. The van der Waals surface area contributed by atoms with Crippen LogP contribution in [0.1, 0.15) is 6.23 Å². The Morgan fingerprint density at radius 2 is 1.69 bits per heavy atom. The molecule has 0 aliphatic carbocycles. The lowest BCUT2D eigenvalue weighted by atomic mass is 10.1. The average molecular weight is 516 g/mol. The van der Waals surface area contributed by atoms with Crippen LogP contribution in [0.15, 0.2) is 12.3 Å². The minimum atomic E-state index is -5.68. The minimum absolute atomic E-state index is 0.0438. The van der Waals surface area contributed by atoms with Gasteiger partial charge in [-0.1, -0.05) is 12.2 Å². The number of nitrogens with zero attached hydrogens (tertiary/aromatic N) is 1. The summed E-state index contributed by atoms with van der Waals surface area (Å²) in [6.45, 7) is -0.936. The molecule has 1 fully saturated rings. The van der Waals surface area contributed by atoms with Gasteiger partial charge in [-0.15, -0.1) is 0 Å². The largest absolute Gasteiger partial charge is 0.490 e. The highest BCUT2D eigenvalue weighted by Gasteiger charge is 2.46. The van der Waals surface area contributed by atoms with E-state index >= 15 is 0 Å². The number of aromatic amines is 1. The maximum absolute atomic E-state index is 11.7. The number of phosphoric ester groups is 1. The highest BCUT2D eigenvalue weighted by Crippen LogP contribution is 2.66. The molecular formula is C9H15N2O13P3S2. The first-order valence-corrected chi connectivity index (χ1v) is 12.6. The van der Waals surface area contributed by atoms with Crippen molar-refractivity contribution in [3.63, 3.8) is 0 Å². The van der Waals surface area contributed by atoms with Crippen molar-refractivity contribution in [1.82, 2.24) is 9.55 Å². The Morgan fingerprint density at radius 1 is 1.07 bits per heavy atom. The van der Waals surface area contributed by atoms with Gasteiger partial charge in [0.1, 0.15) is 23.0 Å². The van der Waals surface area contributed by atoms with Crippen molar-refractivity contribution in [3.8, 4) is 0 Å². The first-order valence-electron chi connectivity index (χ1n) is 7.22. The van der Waals surface area contributed by atoms with Gasteiger partial charge in [0.15, 0.2) is 11.0 Å². The van der Waals surface area contributed by atoms with E-state index in [-0.39, 0.29) is 4.77 Å². The summed E-state index contributed by atoms with van der Waals surface area (Å²) < 4.78 is 51.9. The quantitative estimate of drug-likeness (QED) is 0.181. The first-order chi connectivity index (χ1) is 13.1. The van der Waals surface area contributed by atoms with Gasteiger partial charge in [0.25, 0.3) is 0 Å². The van der Waals surface area contributed by atoms with Crippen molar-refractivity contribution in [2.45, 2.75) is 24.5 Å². The molecule has 3 unspecified atom stereocenters. The van der Waals surface area contributed by atoms with Crippen molar-refractivity contribution < 1.29 is 61.4 Å². The summed E-state index contributed by atoms with van der Waals surface area (Å²) in [6, 6.07) is 1.42. The van der Waals surface area contributed by atoms with Crippen molar-refractivity contribution in [2.24, 2.45) is 0 Å². The van der Waals surface area contributed by atoms with Crippen LogP contribution in [0.5, 0.6) is 0 Å². The average Bonchev–Trinajstić information content (AvgIpc) is 2.78. The summed E-state index contributed by atoms with van der Waals surface area (Å²) in [4.78, 5) is 38.0. The van der Waals surface area contributed by atoms with Gasteiger partial charge in [0, 0.05) is 6.20 Å². The Hall–Kier alpha value is -0.190. The van der Waals surface area contributed by atoms with Gasteiger partial charge in [0.05, 0.1) is 6.61 Å². The normalized spacial score (nSPS) is 29.3. The van der Waals surface area contributed by atoms with Crippen molar-refractivity contribution >= 4 is 47.9 Å². The molecule has 29 heavy (non-hydrogen) atoms. The van der Waals surface area contributed by atoms with Crippen molar-refractivity contribution in [1.29, 1.82) is 0 Å². The van der Waals surface area contributed by atoms with E-state index in [0.29, 0.717) is 4.64 Å². The molecule has 0 saturated carbocycles. The zero-order chi connectivity index (χ0) is 22.2. The molecule has 0 spiro atoms. The van der Waals surface area contributed by atoms with Crippen LogP contribution < -0.4 is 0 Å². The van der Waals surface area contributed by atoms with Gasteiger partial charge < -0.3 is 39.5 Å². The number of nitrogens with one attached hydrogen (secondary N) is 1. The van der Waals surface area contributed by atoms with E-state index in [1.54, 1.807) is 0 Å². The summed E-state index contributed by atoms with van der Waals surface area (Å²) >= 11 is 9.91. The van der Waals surface area contributed by atoms with E-state index in [1.165, 1.54) is 16.8 Å². The number of H-pyrrole nitrogens is 1. The lowest BCUT2D eigenvalue weighted by Crippen LogP contribution is -2.33. The third-order valence-electron chi connectivity index (χ3n) is 3.28. The molecule has 1 saturated heterocycles. The number of aliphatic hydroxyl groups excluding tert-OH is 2. The number of aliphatic hydroxyl groups is 2. The second-order valence-corrected chi connectivity index (χ2v) is 10.7. The van der Waals surface area contributed by atoms with Gasteiger partial charge in [0.2, 0.25) is 0 Å². The summed E-state index contributed by atoms with van der Waals surface area (Å²) in [6.07, 6.45) is -4.49. The van der Waals surface area contributed by atoms with Crippen LogP contribution in [0, 0.1) is 9.41 Å². The van der Waals surface area contributed by atoms with Gasteiger partial charge in [-0.05, 0) is 18.3 Å². The van der Waals surface area contributed by atoms with Crippen LogP contribution in [0.4, 0.5) is 0 Å². The molecule has 6 atom stereocenters. The van der Waals surface area contributed by atoms with Crippen molar-refractivity contribution in [3.05, 3.63) is 21.7 Å². The van der Waals surface area contributed by atoms with Crippen LogP contribution in [-0.2, 0) is 31.6 Å². The zero-order valence-electron chi connectivity index (χ0n) is 13.8. The van der Waals surface area contributed by atoms with Crippen LogP contribution >= 0.6 is 47.9 Å². The second-order valence-electron chi connectivity index (χ2n) is 5.45. The molecule has 1 aromatic rings. The number of phosphoric acid groups is 3. The number of hydrogen-bond acceptors (Lipinski definition) is 11. The van der Waals surface area contributed by atoms with E-state index in [2.05, 4.69) is 18.1 Å². The molecule has 2 heterocycles. The fourth-order valence-electron chi connectivity index (χ4n) is 2.20. The molecule has 15 nitrogen and oxygen atoms in total. The third kappa shape index (κ3) is 7.18. The Morgan fingerprint density at radius 3 is 2.24 bits per heavy atom. The Kier molecular flexibility index (Phi) is 7.89. The smallest absolute Gasteiger partial charge is 0.387 e. The molecule has 7 N–H and O–H groups in total. The van der Waals surface area contributed by atoms with E-state index in [1.807, 2.05) is 0 Å². The summed E-state index contributed by atoms with van der Waals surface area (Å²) in [5.41, 5.74) is 0. The number of hydrogen-bond donors (Lipinski definition) is 7. The molecule has 0 aromatic carbocycles. The molecule has 1 aliphatic rings. The zero-order valence-corrected chi connectivity index (χ0v) is 18.1. The Labute approximate surface area is 171 Å². The van der Waals surface area contributed by atoms with Crippen LogP contribution in [0.2, 0.25) is 0 Å². The molecular weight excluding hydrogens is 501 g/mol. The molecule has 0 bridgehead atoms. The highest BCUT2D eigenvalue weighted by atomic mass is 32.1. The van der Waals surface area contributed by atoms with E-state index in [4.69, 9.17) is 43.9 Å². The minimum Gasteiger partial charge on any atom is -0.387 e. The molecule has 2 rings (SSSR count). The number of ether oxygens (including phenoxy) is 1. The maximum Gasteiger partial charge on any atom is 0.490 e. The molecule has 166 valence electrons. The maximum atomic E-state index is 11.7. The first kappa shape index (κ1) is 25.1. The summed E-state index contributed by atoms with van der Waals surface area (Å²) in [5.74, 6) is 0. The van der Waals surface area contributed by atoms with Crippen LogP contribution in [0.3, 0.4) is 0 Å². The van der Waals surface area contributed by atoms with Crippen LogP contribution in [0.25, 0.3) is 0 Å². The standard InChI is InChI=1S/C9H15N2O13P3S2/c12-6-4(3-21-26(17,18)24-27(19,20)23-25(14,15)16)22-8(7(6)13)11-2-1-5(28)10-9(11)29/h1-2,4,6-8,12-13H,3H2,(H,17,18)(H,19,20)(H,10,28,29)(H2,14,15,16)/t4-,6+,7?,8-/m1/s1. The van der Waals surface area contributed by atoms with Crippen molar-refractivity contribution in [2.75, 3.05) is 6.61 Å². The van der Waals surface area contributed by atoms with Gasteiger partial charge >= 0.3 is 23.5 Å². The second kappa shape index (κ2) is 9.12. The summed E-state index contributed by atoms with van der Waals surface area (Å²) in [5, 5.41) is 20.2. The topological polar surface area (TPSA) is 230 Å². The third-order valence-corrected chi connectivity index (χ3v) is 7.63. The predicted octanol–water partition coefficient (Wildman–Crippen LogP) is 0.238. The Bertz CT molecular complexity index is 1010. The lowest BCUT2D eigenvalue weighted by Gasteiger charge is -2.19. The molecule has 1 aromatic heterocycles.